The predicted molar refractivity (Wildman–Crippen MR) is 88.8 cm³/mol. The van der Waals surface area contributed by atoms with Gasteiger partial charge in [-0.1, -0.05) is 30.3 Å². The number of para-hydroxylation sites is 1. The molecule has 1 N–H and O–H groups in total. The van der Waals surface area contributed by atoms with Crippen LogP contribution in [0.25, 0.3) is 0 Å². The molecule has 0 radical (unpaired) electrons. The van der Waals surface area contributed by atoms with Crippen LogP contribution in [0, 0.1) is 0 Å². The number of hydrogen-bond acceptors (Lipinski definition) is 3. The van der Waals surface area contributed by atoms with Gasteiger partial charge in [0.25, 0.3) is 0 Å². The quantitative estimate of drug-likeness (QED) is 0.922. The molecule has 1 atom stereocenters. The fourth-order valence-electron chi connectivity index (χ4n) is 2.87. The SMILES string of the molecule is COc1ccc(CNC(=O)CC2CCOc3ccccc32)cc1. The van der Waals surface area contributed by atoms with Crippen molar-refractivity contribution in [3.05, 3.63) is 59.7 Å². The van der Waals surface area contributed by atoms with Gasteiger partial charge in [-0.15, -0.1) is 0 Å². The molecule has 0 aromatic heterocycles. The second-order valence-corrected chi connectivity index (χ2v) is 5.70. The van der Waals surface area contributed by atoms with Crippen LogP contribution in [-0.4, -0.2) is 19.6 Å². The topological polar surface area (TPSA) is 47.6 Å². The van der Waals surface area contributed by atoms with Crippen LogP contribution in [0.5, 0.6) is 11.5 Å². The molecule has 120 valence electrons. The minimum atomic E-state index is 0.0718. The van der Waals surface area contributed by atoms with Gasteiger partial charge >= 0.3 is 0 Å². The monoisotopic (exact) mass is 311 g/mol. The molecular formula is C19H21NO3. The molecule has 1 aliphatic rings. The third-order valence-corrected chi connectivity index (χ3v) is 4.16. The molecule has 4 nitrogen and oxygen atoms in total. The van der Waals surface area contributed by atoms with Crippen LogP contribution in [0.2, 0.25) is 0 Å². The molecule has 0 fully saturated rings. The molecule has 2 aromatic rings. The Labute approximate surface area is 136 Å². The number of carbonyl (C=O) groups is 1. The average molecular weight is 311 g/mol. The van der Waals surface area contributed by atoms with Crippen molar-refractivity contribution < 1.29 is 14.3 Å². The van der Waals surface area contributed by atoms with Crippen LogP contribution >= 0.6 is 0 Å². The predicted octanol–water partition coefficient (Wildman–Crippen LogP) is 3.27. The van der Waals surface area contributed by atoms with E-state index in [9.17, 15) is 4.79 Å². The van der Waals surface area contributed by atoms with Crippen molar-refractivity contribution in [3.8, 4) is 11.5 Å². The van der Waals surface area contributed by atoms with E-state index in [1.807, 2.05) is 42.5 Å². The van der Waals surface area contributed by atoms with Crippen molar-refractivity contribution in [2.75, 3.05) is 13.7 Å². The Hall–Kier alpha value is -2.49. The van der Waals surface area contributed by atoms with Crippen LogP contribution in [-0.2, 0) is 11.3 Å². The van der Waals surface area contributed by atoms with E-state index < -0.39 is 0 Å². The summed E-state index contributed by atoms with van der Waals surface area (Å²) in [6.45, 7) is 1.21. The molecule has 0 saturated heterocycles. The molecule has 2 aromatic carbocycles. The van der Waals surface area contributed by atoms with Gasteiger partial charge in [-0.3, -0.25) is 4.79 Å². The zero-order chi connectivity index (χ0) is 16.1. The summed E-state index contributed by atoms with van der Waals surface area (Å²) in [5, 5.41) is 2.99. The number of carbonyl (C=O) groups excluding carboxylic acids is 1. The lowest BCUT2D eigenvalue weighted by Gasteiger charge is -2.25. The van der Waals surface area contributed by atoms with Gasteiger partial charge in [0.2, 0.25) is 5.91 Å². The van der Waals surface area contributed by atoms with Gasteiger partial charge in [0.15, 0.2) is 0 Å². The third-order valence-electron chi connectivity index (χ3n) is 4.16. The Kier molecular flexibility index (Phi) is 4.81. The third kappa shape index (κ3) is 3.83. The molecule has 0 spiro atoms. The second kappa shape index (κ2) is 7.18. The van der Waals surface area contributed by atoms with Gasteiger partial charge in [-0.05, 0) is 41.7 Å². The van der Waals surface area contributed by atoms with Gasteiger partial charge in [-0.25, -0.2) is 0 Å². The van der Waals surface area contributed by atoms with Crippen molar-refractivity contribution in [2.45, 2.75) is 25.3 Å². The first kappa shape index (κ1) is 15.4. The number of fused-ring (bicyclic) bond motifs is 1. The first-order valence-electron chi connectivity index (χ1n) is 7.87. The minimum absolute atomic E-state index is 0.0718. The number of nitrogens with one attached hydrogen (secondary N) is 1. The largest absolute Gasteiger partial charge is 0.497 e. The van der Waals surface area contributed by atoms with Crippen LogP contribution < -0.4 is 14.8 Å². The second-order valence-electron chi connectivity index (χ2n) is 5.70. The van der Waals surface area contributed by atoms with E-state index in [-0.39, 0.29) is 11.8 Å². The highest BCUT2D eigenvalue weighted by molar-refractivity contribution is 5.77. The number of rotatable bonds is 5. The molecular weight excluding hydrogens is 290 g/mol. The van der Waals surface area contributed by atoms with Gasteiger partial charge in [0, 0.05) is 13.0 Å². The molecule has 1 aliphatic heterocycles. The van der Waals surface area contributed by atoms with E-state index in [1.165, 1.54) is 0 Å². The zero-order valence-corrected chi connectivity index (χ0v) is 13.2. The number of methoxy groups -OCH3 is 1. The normalized spacial score (nSPS) is 16.1. The average Bonchev–Trinajstić information content (AvgIpc) is 2.61. The lowest BCUT2D eigenvalue weighted by molar-refractivity contribution is -0.121. The highest BCUT2D eigenvalue weighted by Crippen LogP contribution is 2.35. The summed E-state index contributed by atoms with van der Waals surface area (Å²) < 4.78 is 10.8. The number of hydrogen-bond donors (Lipinski definition) is 1. The Morgan fingerprint density at radius 3 is 2.78 bits per heavy atom. The summed E-state index contributed by atoms with van der Waals surface area (Å²) in [5.41, 5.74) is 2.20. The fraction of sp³-hybridized carbons (Fsp3) is 0.316. The van der Waals surface area contributed by atoms with Crippen molar-refractivity contribution >= 4 is 5.91 Å². The van der Waals surface area contributed by atoms with E-state index in [0.717, 1.165) is 29.0 Å². The minimum Gasteiger partial charge on any atom is -0.497 e. The van der Waals surface area contributed by atoms with E-state index in [2.05, 4.69) is 11.4 Å². The Balaban J connectivity index is 1.55. The van der Waals surface area contributed by atoms with E-state index in [1.54, 1.807) is 7.11 Å². The molecule has 23 heavy (non-hydrogen) atoms. The summed E-state index contributed by atoms with van der Waals surface area (Å²) in [6, 6.07) is 15.7. The smallest absolute Gasteiger partial charge is 0.220 e. The molecule has 4 heteroatoms. The first-order chi connectivity index (χ1) is 11.3. The highest BCUT2D eigenvalue weighted by atomic mass is 16.5. The van der Waals surface area contributed by atoms with E-state index in [0.29, 0.717) is 19.6 Å². The lowest BCUT2D eigenvalue weighted by atomic mass is 9.90. The first-order valence-corrected chi connectivity index (χ1v) is 7.87. The summed E-state index contributed by atoms with van der Waals surface area (Å²) in [5.74, 6) is 2.03. The molecule has 1 amide bonds. The van der Waals surface area contributed by atoms with Gasteiger partial charge < -0.3 is 14.8 Å². The Morgan fingerprint density at radius 2 is 2.00 bits per heavy atom. The summed E-state index contributed by atoms with van der Waals surface area (Å²) >= 11 is 0. The molecule has 1 unspecified atom stereocenters. The molecule has 1 heterocycles. The fourth-order valence-corrected chi connectivity index (χ4v) is 2.87. The highest BCUT2D eigenvalue weighted by Gasteiger charge is 2.23. The van der Waals surface area contributed by atoms with Crippen molar-refractivity contribution in [2.24, 2.45) is 0 Å². The number of benzene rings is 2. The summed E-state index contributed by atoms with van der Waals surface area (Å²) in [4.78, 5) is 12.2. The van der Waals surface area contributed by atoms with Crippen molar-refractivity contribution in [3.63, 3.8) is 0 Å². The van der Waals surface area contributed by atoms with E-state index in [4.69, 9.17) is 9.47 Å². The molecule has 3 rings (SSSR count). The maximum atomic E-state index is 12.2. The molecule has 0 bridgehead atoms. The molecule has 0 aliphatic carbocycles. The van der Waals surface area contributed by atoms with Gasteiger partial charge in [-0.2, -0.15) is 0 Å². The van der Waals surface area contributed by atoms with Gasteiger partial charge in [0.05, 0.1) is 13.7 Å². The summed E-state index contributed by atoms with van der Waals surface area (Å²) in [7, 11) is 1.64. The van der Waals surface area contributed by atoms with Gasteiger partial charge in [0.1, 0.15) is 11.5 Å². The Morgan fingerprint density at radius 1 is 1.22 bits per heavy atom. The lowest BCUT2D eigenvalue weighted by Crippen LogP contribution is -2.26. The Bertz CT molecular complexity index is 667. The maximum Gasteiger partial charge on any atom is 0.220 e. The van der Waals surface area contributed by atoms with E-state index >= 15 is 0 Å². The summed E-state index contributed by atoms with van der Waals surface area (Å²) in [6.07, 6.45) is 1.38. The number of amides is 1. The van der Waals surface area contributed by atoms with Crippen LogP contribution in [0.3, 0.4) is 0 Å². The number of ether oxygens (including phenoxy) is 2. The maximum absolute atomic E-state index is 12.2. The van der Waals surface area contributed by atoms with Crippen LogP contribution in [0.15, 0.2) is 48.5 Å². The zero-order valence-electron chi connectivity index (χ0n) is 13.2. The van der Waals surface area contributed by atoms with Crippen molar-refractivity contribution in [1.29, 1.82) is 0 Å². The molecule has 0 saturated carbocycles. The van der Waals surface area contributed by atoms with Crippen LogP contribution in [0.1, 0.15) is 29.9 Å². The van der Waals surface area contributed by atoms with Crippen LogP contribution in [0.4, 0.5) is 0 Å². The standard InChI is InChI=1S/C19H21NO3/c1-22-16-8-6-14(7-9-16)13-20-19(21)12-15-10-11-23-18-5-3-2-4-17(15)18/h2-9,15H,10-13H2,1H3,(H,20,21). The van der Waals surface area contributed by atoms with Crippen molar-refractivity contribution in [1.82, 2.24) is 5.32 Å².